The molecule has 1 aliphatic heterocycles. The number of fused-ring (bicyclic) bond motifs is 1. The molecule has 168 valence electrons. The van der Waals surface area contributed by atoms with E-state index in [1.54, 1.807) is 24.3 Å². The molecular weight excluding hydrogens is 492 g/mol. The van der Waals surface area contributed by atoms with Crippen LogP contribution in [-0.2, 0) is 22.5 Å². The van der Waals surface area contributed by atoms with Gasteiger partial charge in [-0.15, -0.1) is 0 Å². The number of rotatable bonds is 7. The lowest BCUT2D eigenvalue weighted by molar-refractivity contribution is -0.119. The highest BCUT2D eigenvalue weighted by Gasteiger charge is 2.36. The Morgan fingerprint density at radius 3 is 2.58 bits per heavy atom. The van der Waals surface area contributed by atoms with Crippen LogP contribution in [0.3, 0.4) is 0 Å². The number of ether oxygens (including phenoxy) is 1. The normalized spacial score (nSPS) is 12.6. The first-order valence-corrected chi connectivity index (χ1v) is 10.9. The summed E-state index contributed by atoms with van der Waals surface area (Å²) in [5.74, 6) is -1.79. The Balaban J connectivity index is 1.40. The summed E-state index contributed by atoms with van der Waals surface area (Å²) in [7, 11) is 0. The molecule has 1 aliphatic rings. The number of esters is 1. The van der Waals surface area contributed by atoms with Gasteiger partial charge in [0.05, 0.1) is 29.5 Å². The molecule has 4 rings (SSSR count). The van der Waals surface area contributed by atoms with Gasteiger partial charge in [-0.3, -0.25) is 19.3 Å². The van der Waals surface area contributed by atoms with Crippen LogP contribution in [0.4, 0.5) is 5.69 Å². The summed E-state index contributed by atoms with van der Waals surface area (Å²) in [5.41, 5.74) is 1.95. The van der Waals surface area contributed by atoms with Gasteiger partial charge >= 0.3 is 5.97 Å². The van der Waals surface area contributed by atoms with Crippen molar-refractivity contribution in [3.8, 4) is 0 Å². The lowest BCUT2D eigenvalue weighted by Crippen LogP contribution is -2.28. The number of anilines is 1. The Morgan fingerprint density at radius 1 is 1.06 bits per heavy atom. The number of furan rings is 1. The number of hydrogen-bond acceptors (Lipinski definition) is 6. The van der Waals surface area contributed by atoms with E-state index < -0.39 is 30.3 Å². The van der Waals surface area contributed by atoms with Gasteiger partial charge in [-0.25, -0.2) is 4.79 Å². The van der Waals surface area contributed by atoms with E-state index in [1.807, 2.05) is 13.0 Å². The number of carbonyl (C=O) groups is 4. The lowest BCUT2D eigenvalue weighted by atomic mass is 10.1. The highest BCUT2D eigenvalue weighted by molar-refractivity contribution is 9.10. The first-order chi connectivity index (χ1) is 15.9. The monoisotopic (exact) mass is 510 g/mol. The van der Waals surface area contributed by atoms with Gasteiger partial charge in [0.1, 0.15) is 5.76 Å². The Morgan fingerprint density at radius 2 is 1.85 bits per heavy atom. The van der Waals surface area contributed by atoms with Gasteiger partial charge in [0.15, 0.2) is 6.61 Å². The molecule has 2 aromatic carbocycles. The van der Waals surface area contributed by atoms with E-state index in [0.717, 1.165) is 14.9 Å². The number of aryl methyl sites for hydroxylation is 1. The fraction of sp³-hybridized carbons (Fsp3) is 0.167. The number of nitrogens with zero attached hydrogens (tertiary/aromatic N) is 1. The third-order valence-corrected chi connectivity index (χ3v) is 5.65. The molecular formula is C24H19BrN2O6. The standard InChI is InChI=1S/C24H19BrN2O6/c1-2-14-10-16(25)6-8-20(14)26-21(28)13-33-24(31)15-5-7-18-19(11-15)23(30)27(22(18)29)12-17-4-3-9-32-17/h3-11H,2,12-13H2,1H3,(H,26,28). The predicted molar refractivity (Wildman–Crippen MR) is 122 cm³/mol. The first kappa shape index (κ1) is 22.5. The molecule has 1 N–H and O–H groups in total. The van der Waals surface area contributed by atoms with Gasteiger partial charge in [-0.05, 0) is 60.5 Å². The van der Waals surface area contributed by atoms with Crippen LogP contribution in [0.1, 0.15) is 49.3 Å². The zero-order chi connectivity index (χ0) is 23.5. The summed E-state index contributed by atoms with van der Waals surface area (Å²) in [6, 6.07) is 12.9. The van der Waals surface area contributed by atoms with Crippen LogP contribution in [0.5, 0.6) is 0 Å². The average molecular weight is 511 g/mol. The summed E-state index contributed by atoms with van der Waals surface area (Å²) in [6.45, 7) is 1.47. The van der Waals surface area contributed by atoms with Crippen molar-refractivity contribution in [3.05, 3.63) is 87.3 Å². The van der Waals surface area contributed by atoms with Crippen LogP contribution in [0.25, 0.3) is 0 Å². The van der Waals surface area contributed by atoms with Crippen LogP contribution < -0.4 is 5.32 Å². The topological polar surface area (TPSA) is 106 Å². The third kappa shape index (κ3) is 4.73. The van der Waals surface area contributed by atoms with Gasteiger partial charge in [-0.1, -0.05) is 22.9 Å². The summed E-state index contributed by atoms with van der Waals surface area (Å²) < 4.78 is 11.2. The third-order valence-electron chi connectivity index (χ3n) is 5.16. The second-order valence-electron chi connectivity index (χ2n) is 7.32. The molecule has 0 saturated heterocycles. The van der Waals surface area contributed by atoms with E-state index in [2.05, 4.69) is 21.2 Å². The van der Waals surface area contributed by atoms with Gasteiger partial charge < -0.3 is 14.5 Å². The molecule has 9 heteroatoms. The first-order valence-electron chi connectivity index (χ1n) is 10.2. The number of imide groups is 1. The fourth-order valence-electron chi connectivity index (χ4n) is 3.50. The van der Waals surface area contributed by atoms with E-state index in [9.17, 15) is 19.2 Å². The van der Waals surface area contributed by atoms with E-state index in [4.69, 9.17) is 9.15 Å². The highest BCUT2D eigenvalue weighted by Crippen LogP contribution is 2.26. The number of halogens is 1. The van der Waals surface area contributed by atoms with Gasteiger partial charge in [0, 0.05) is 10.2 Å². The second-order valence-corrected chi connectivity index (χ2v) is 8.23. The van der Waals surface area contributed by atoms with Crippen LogP contribution in [0.15, 0.2) is 63.7 Å². The summed E-state index contributed by atoms with van der Waals surface area (Å²) in [6.07, 6.45) is 2.17. The second kappa shape index (κ2) is 9.41. The maximum atomic E-state index is 12.7. The molecule has 8 nitrogen and oxygen atoms in total. The zero-order valence-corrected chi connectivity index (χ0v) is 19.2. The molecule has 3 aromatic rings. The minimum atomic E-state index is -0.774. The average Bonchev–Trinajstić information content (AvgIpc) is 3.41. The van der Waals surface area contributed by atoms with Crippen molar-refractivity contribution in [2.45, 2.75) is 19.9 Å². The largest absolute Gasteiger partial charge is 0.467 e. The van der Waals surface area contributed by atoms with Gasteiger partial charge in [-0.2, -0.15) is 0 Å². The maximum absolute atomic E-state index is 12.7. The molecule has 1 aromatic heterocycles. The number of hydrogen-bond donors (Lipinski definition) is 1. The maximum Gasteiger partial charge on any atom is 0.338 e. The van der Waals surface area contributed by atoms with Crippen molar-refractivity contribution in [1.29, 1.82) is 0 Å². The molecule has 3 amide bonds. The number of nitrogens with one attached hydrogen (secondary N) is 1. The van der Waals surface area contributed by atoms with Gasteiger partial charge in [0.2, 0.25) is 0 Å². The van der Waals surface area contributed by atoms with Crippen molar-refractivity contribution < 1.29 is 28.3 Å². The van der Waals surface area contributed by atoms with Crippen molar-refractivity contribution in [2.24, 2.45) is 0 Å². The fourth-order valence-corrected chi connectivity index (χ4v) is 3.91. The van der Waals surface area contributed by atoms with E-state index in [1.165, 1.54) is 24.5 Å². The highest BCUT2D eigenvalue weighted by atomic mass is 79.9. The molecule has 0 atom stereocenters. The van der Waals surface area contributed by atoms with Crippen molar-refractivity contribution in [2.75, 3.05) is 11.9 Å². The van der Waals surface area contributed by atoms with Crippen LogP contribution in [0.2, 0.25) is 0 Å². The summed E-state index contributed by atoms with van der Waals surface area (Å²) in [5, 5.41) is 2.73. The Bertz CT molecular complexity index is 1250. The molecule has 0 unspecified atom stereocenters. The lowest BCUT2D eigenvalue weighted by Gasteiger charge is -2.11. The molecule has 0 bridgehead atoms. The zero-order valence-electron chi connectivity index (χ0n) is 17.6. The van der Waals surface area contributed by atoms with Crippen molar-refractivity contribution in [1.82, 2.24) is 4.90 Å². The predicted octanol–water partition coefficient (Wildman–Crippen LogP) is 4.20. The van der Waals surface area contributed by atoms with E-state index in [-0.39, 0.29) is 23.2 Å². The number of amides is 3. The molecule has 0 saturated carbocycles. The molecule has 33 heavy (non-hydrogen) atoms. The molecule has 0 radical (unpaired) electrons. The molecule has 0 fully saturated rings. The SMILES string of the molecule is CCc1cc(Br)ccc1NC(=O)COC(=O)c1ccc2c(c1)C(=O)N(Cc1ccco1)C2=O. The van der Waals surface area contributed by atoms with Crippen LogP contribution in [-0.4, -0.2) is 35.2 Å². The smallest absolute Gasteiger partial charge is 0.338 e. The summed E-state index contributed by atoms with van der Waals surface area (Å²) >= 11 is 3.39. The van der Waals surface area contributed by atoms with Gasteiger partial charge in [0.25, 0.3) is 17.7 Å². The van der Waals surface area contributed by atoms with Crippen molar-refractivity contribution in [3.63, 3.8) is 0 Å². The van der Waals surface area contributed by atoms with Crippen LogP contribution >= 0.6 is 15.9 Å². The van der Waals surface area contributed by atoms with Crippen molar-refractivity contribution >= 4 is 45.3 Å². The molecule has 0 spiro atoms. The quantitative estimate of drug-likeness (QED) is 0.377. The Labute approximate surface area is 197 Å². The minimum absolute atomic E-state index is 0.00486. The number of benzene rings is 2. The Kier molecular flexibility index (Phi) is 6.41. The van der Waals surface area contributed by atoms with E-state index >= 15 is 0 Å². The molecule has 0 aliphatic carbocycles. The van der Waals surface area contributed by atoms with E-state index in [0.29, 0.717) is 17.9 Å². The minimum Gasteiger partial charge on any atom is -0.467 e. The number of carbonyl (C=O) groups excluding carboxylic acids is 4. The summed E-state index contributed by atoms with van der Waals surface area (Å²) in [4.78, 5) is 51.1. The molecule has 2 heterocycles. The Hall–Kier alpha value is -3.72. The van der Waals surface area contributed by atoms with Crippen LogP contribution in [0, 0.1) is 0 Å².